The topological polar surface area (TPSA) is 85.8 Å². The van der Waals surface area contributed by atoms with Gasteiger partial charge in [0.1, 0.15) is 0 Å². The van der Waals surface area contributed by atoms with Crippen LogP contribution in [0.25, 0.3) is 0 Å². The van der Waals surface area contributed by atoms with Crippen LogP contribution < -0.4 is 16.0 Å². The van der Waals surface area contributed by atoms with Crippen molar-refractivity contribution in [1.29, 1.82) is 0 Å². The second-order valence-corrected chi connectivity index (χ2v) is 7.06. The first-order valence-corrected chi connectivity index (χ1v) is 10.2. The molecule has 9 heteroatoms. The van der Waals surface area contributed by atoms with Crippen LogP contribution in [0.15, 0.2) is 22.5 Å². The number of amides is 2. The van der Waals surface area contributed by atoms with Crippen molar-refractivity contribution < 1.29 is 9.59 Å². The van der Waals surface area contributed by atoms with Gasteiger partial charge in [0.25, 0.3) is 5.91 Å². The summed E-state index contributed by atoms with van der Waals surface area (Å²) in [5.41, 5.74) is 0. The maximum Gasteiger partial charge on any atom is 0.261 e. The van der Waals surface area contributed by atoms with E-state index in [-0.39, 0.29) is 35.8 Å². The van der Waals surface area contributed by atoms with Crippen molar-refractivity contribution >= 4 is 53.1 Å². The summed E-state index contributed by atoms with van der Waals surface area (Å²) in [4.78, 5) is 30.6. The Balaban J connectivity index is 0.00000364. The molecule has 0 bridgehead atoms. The molecule has 1 fully saturated rings. The molecule has 1 aromatic heterocycles. The van der Waals surface area contributed by atoms with E-state index in [2.05, 4.69) is 20.9 Å². The lowest BCUT2D eigenvalue weighted by atomic mass is 10.4. The largest absolute Gasteiger partial charge is 0.357 e. The molecule has 0 atom stereocenters. The fourth-order valence-corrected chi connectivity index (χ4v) is 3.37. The zero-order valence-corrected chi connectivity index (χ0v) is 19.0. The van der Waals surface area contributed by atoms with Gasteiger partial charge in [0, 0.05) is 45.7 Å². The van der Waals surface area contributed by atoms with Crippen LogP contribution in [0.3, 0.4) is 0 Å². The lowest BCUT2D eigenvalue weighted by Crippen LogP contribution is -2.39. The molecule has 1 saturated heterocycles. The SMILES string of the molecule is CCNC(=NCCCN1CCCC1=O)NCCCNC(=O)c1cccs1.I. The van der Waals surface area contributed by atoms with Gasteiger partial charge in [0.2, 0.25) is 5.91 Å². The van der Waals surface area contributed by atoms with E-state index in [0.29, 0.717) is 19.5 Å². The minimum Gasteiger partial charge on any atom is -0.357 e. The van der Waals surface area contributed by atoms with Crippen LogP contribution in [-0.4, -0.2) is 61.9 Å². The number of halogens is 1. The van der Waals surface area contributed by atoms with Crippen molar-refractivity contribution in [1.82, 2.24) is 20.9 Å². The van der Waals surface area contributed by atoms with Crippen LogP contribution in [0.4, 0.5) is 0 Å². The van der Waals surface area contributed by atoms with Gasteiger partial charge < -0.3 is 20.9 Å². The lowest BCUT2D eigenvalue weighted by molar-refractivity contribution is -0.127. The summed E-state index contributed by atoms with van der Waals surface area (Å²) < 4.78 is 0. The minimum absolute atomic E-state index is 0. The zero-order chi connectivity index (χ0) is 18.6. The van der Waals surface area contributed by atoms with E-state index in [4.69, 9.17) is 0 Å². The number of rotatable bonds is 10. The molecule has 0 radical (unpaired) electrons. The standard InChI is InChI=1S/C18H29N5O2S.HI/c1-2-19-18(22-11-6-13-23-12-3-8-16(23)24)21-10-5-9-20-17(25)15-7-4-14-26-15;/h4,7,14H,2-3,5-6,8-13H2,1H3,(H,20,25)(H2,19,21,22);1H. The fourth-order valence-electron chi connectivity index (χ4n) is 2.73. The molecule has 0 saturated carbocycles. The van der Waals surface area contributed by atoms with Gasteiger partial charge in [-0.15, -0.1) is 35.3 Å². The second kappa shape index (κ2) is 13.8. The number of guanidine groups is 1. The summed E-state index contributed by atoms with van der Waals surface area (Å²) in [6.45, 7) is 6.55. The summed E-state index contributed by atoms with van der Waals surface area (Å²) >= 11 is 1.45. The van der Waals surface area contributed by atoms with E-state index in [0.717, 1.165) is 56.3 Å². The fraction of sp³-hybridized carbons (Fsp3) is 0.611. The first-order chi connectivity index (χ1) is 12.7. The summed E-state index contributed by atoms with van der Waals surface area (Å²) in [6, 6.07) is 3.70. The van der Waals surface area contributed by atoms with Crippen LogP contribution >= 0.6 is 35.3 Å². The molecular formula is C18H30IN5O2S. The molecule has 27 heavy (non-hydrogen) atoms. The number of aliphatic imine (C=N–C) groups is 1. The maximum atomic E-state index is 11.8. The van der Waals surface area contributed by atoms with Gasteiger partial charge >= 0.3 is 0 Å². The number of nitrogens with one attached hydrogen (secondary N) is 3. The van der Waals surface area contributed by atoms with Gasteiger partial charge in [-0.2, -0.15) is 0 Å². The van der Waals surface area contributed by atoms with Gasteiger partial charge in [-0.05, 0) is 37.6 Å². The average molecular weight is 507 g/mol. The summed E-state index contributed by atoms with van der Waals surface area (Å²) in [5.74, 6) is 1.03. The Kier molecular flexibility index (Phi) is 12.1. The Hall–Kier alpha value is -1.36. The molecule has 7 nitrogen and oxygen atoms in total. The summed E-state index contributed by atoms with van der Waals surface area (Å²) in [7, 11) is 0. The number of carbonyl (C=O) groups is 2. The maximum absolute atomic E-state index is 11.8. The molecule has 0 unspecified atom stereocenters. The molecule has 1 aliphatic rings. The van der Waals surface area contributed by atoms with Crippen LogP contribution in [0, 0.1) is 0 Å². The number of carbonyl (C=O) groups excluding carboxylic acids is 2. The van der Waals surface area contributed by atoms with Gasteiger partial charge in [-0.1, -0.05) is 6.07 Å². The smallest absolute Gasteiger partial charge is 0.261 e. The molecule has 152 valence electrons. The van der Waals surface area contributed by atoms with Crippen LogP contribution in [-0.2, 0) is 4.79 Å². The van der Waals surface area contributed by atoms with E-state index in [9.17, 15) is 9.59 Å². The van der Waals surface area contributed by atoms with E-state index >= 15 is 0 Å². The van der Waals surface area contributed by atoms with Gasteiger partial charge in [-0.25, -0.2) is 0 Å². The first kappa shape index (κ1) is 23.7. The number of thiophene rings is 1. The van der Waals surface area contributed by atoms with Crippen LogP contribution in [0.5, 0.6) is 0 Å². The summed E-state index contributed by atoms with van der Waals surface area (Å²) in [6.07, 6.45) is 3.37. The highest BCUT2D eigenvalue weighted by Crippen LogP contribution is 2.09. The normalized spacial score (nSPS) is 14.0. The Bertz CT molecular complexity index is 595. The third-order valence-corrected chi connectivity index (χ3v) is 4.92. The minimum atomic E-state index is -0.0166. The number of hydrogen-bond donors (Lipinski definition) is 3. The highest BCUT2D eigenvalue weighted by molar-refractivity contribution is 14.0. The molecule has 2 rings (SSSR count). The van der Waals surface area contributed by atoms with Gasteiger partial charge in [0.05, 0.1) is 4.88 Å². The molecule has 2 amide bonds. The molecule has 1 aliphatic heterocycles. The monoisotopic (exact) mass is 507 g/mol. The van der Waals surface area contributed by atoms with E-state index in [1.807, 2.05) is 29.3 Å². The molecule has 1 aromatic rings. The van der Waals surface area contributed by atoms with Gasteiger partial charge in [0.15, 0.2) is 5.96 Å². The first-order valence-electron chi connectivity index (χ1n) is 9.32. The van der Waals surface area contributed by atoms with Crippen molar-refractivity contribution in [2.75, 3.05) is 39.3 Å². The molecule has 2 heterocycles. The molecule has 3 N–H and O–H groups in total. The molecular weight excluding hydrogens is 477 g/mol. The van der Waals surface area contributed by atoms with Gasteiger partial charge in [-0.3, -0.25) is 14.6 Å². The Morgan fingerprint density at radius 1 is 1.26 bits per heavy atom. The molecule has 0 aromatic carbocycles. The Morgan fingerprint density at radius 3 is 2.74 bits per heavy atom. The quantitative estimate of drug-likeness (QED) is 0.196. The highest BCUT2D eigenvalue weighted by Gasteiger charge is 2.18. The predicted molar refractivity (Wildman–Crippen MR) is 121 cm³/mol. The Morgan fingerprint density at radius 2 is 2.07 bits per heavy atom. The molecule has 0 aliphatic carbocycles. The van der Waals surface area contributed by atoms with E-state index < -0.39 is 0 Å². The van der Waals surface area contributed by atoms with Crippen LogP contribution in [0.1, 0.15) is 42.3 Å². The second-order valence-electron chi connectivity index (χ2n) is 6.11. The van der Waals surface area contributed by atoms with Crippen LogP contribution in [0.2, 0.25) is 0 Å². The predicted octanol–water partition coefficient (Wildman–Crippen LogP) is 2.05. The van der Waals surface area contributed by atoms with Crippen molar-refractivity contribution in [3.8, 4) is 0 Å². The number of nitrogens with zero attached hydrogens (tertiary/aromatic N) is 2. The van der Waals surface area contributed by atoms with Crippen molar-refractivity contribution in [2.45, 2.75) is 32.6 Å². The third kappa shape index (κ3) is 8.91. The lowest BCUT2D eigenvalue weighted by Gasteiger charge is -2.15. The van der Waals surface area contributed by atoms with Crippen molar-refractivity contribution in [2.24, 2.45) is 4.99 Å². The number of hydrogen-bond acceptors (Lipinski definition) is 4. The van der Waals surface area contributed by atoms with E-state index in [1.54, 1.807) is 0 Å². The van der Waals surface area contributed by atoms with Crippen molar-refractivity contribution in [3.63, 3.8) is 0 Å². The van der Waals surface area contributed by atoms with Crippen molar-refractivity contribution in [3.05, 3.63) is 22.4 Å². The zero-order valence-electron chi connectivity index (χ0n) is 15.8. The highest BCUT2D eigenvalue weighted by atomic mass is 127. The van der Waals surface area contributed by atoms with E-state index in [1.165, 1.54) is 11.3 Å². The third-order valence-electron chi connectivity index (χ3n) is 4.05. The summed E-state index contributed by atoms with van der Waals surface area (Å²) in [5, 5.41) is 11.3. The average Bonchev–Trinajstić information content (AvgIpc) is 3.30. The molecule has 0 spiro atoms. The number of likely N-dealkylation sites (tertiary alicyclic amines) is 1. The Labute approximate surface area is 182 Å².